The van der Waals surface area contributed by atoms with Crippen LogP contribution in [0.15, 0.2) is 12.3 Å². The Balaban J connectivity index is 2.43. The molecule has 0 bridgehead atoms. The molecule has 0 radical (unpaired) electrons. The molecule has 84 valence electrons. The van der Waals surface area contributed by atoms with E-state index >= 15 is 0 Å². The van der Waals surface area contributed by atoms with Crippen molar-refractivity contribution in [3.05, 3.63) is 23.4 Å². The number of ether oxygens (including phenoxy) is 2. The molecule has 0 aromatic carbocycles. The van der Waals surface area contributed by atoms with E-state index in [0.29, 0.717) is 13.2 Å². The molecule has 0 aliphatic carbocycles. The van der Waals surface area contributed by atoms with Gasteiger partial charge in [0.15, 0.2) is 0 Å². The van der Waals surface area contributed by atoms with E-state index in [2.05, 4.69) is 15.0 Å². The molecule has 0 saturated heterocycles. The minimum atomic E-state index is -0.535. The summed E-state index contributed by atoms with van der Waals surface area (Å²) >= 11 is 0. The minimum Gasteiger partial charge on any atom is -0.475 e. The number of carbonyl (C=O) groups excluding carboxylic acids is 2. The van der Waals surface area contributed by atoms with Crippen LogP contribution in [0.5, 0.6) is 5.88 Å². The number of nitrogens with one attached hydrogen (secondary N) is 1. The highest BCUT2D eigenvalue weighted by atomic mass is 16.5. The molecular weight excluding hydrogens is 212 g/mol. The predicted octanol–water partition coefficient (Wildman–Crippen LogP) is -0.00960. The zero-order valence-electron chi connectivity index (χ0n) is 8.65. The molecule has 0 atom stereocenters. The highest BCUT2D eigenvalue weighted by Gasteiger charge is 2.20. The van der Waals surface area contributed by atoms with Gasteiger partial charge in [0.1, 0.15) is 12.2 Å². The van der Waals surface area contributed by atoms with Crippen LogP contribution in [-0.2, 0) is 4.74 Å². The summed E-state index contributed by atoms with van der Waals surface area (Å²) in [6.45, 7) is 0.784. The van der Waals surface area contributed by atoms with Crippen LogP contribution < -0.4 is 10.1 Å². The van der Waals surface area contributed by atoms with Gasteiger partial charge in [0.05, 0.1) is 19.2 Å². The minimum absolute atomic E-state index is 0.224. The largest absolute Gasteiger partial charge is 0.475 e. The smallest absolute Gasteiger partial charge is 0.339 e. The normalized spacial score (nSPS) is 14.2. The van der Waals surface area contributed by atoms with Gasteiger partial charge < -0.3 is 14.8 Å². The molecule has 1 aliphatic heterocycles. The second-order valence-corrected chi connectivity index (χ2v) is 3.17. The van der Waals surface area contributed by atoms with Crippen LogP contribution in [0.25, 0.3) is 0 Å². The fourth-order valence-electron chi connectivity index (χ4n) is 1.37. The number of aromatic nitrogens is 1. The number of amides is 1. The summed E-state index contributed by atoms with van der Waals surface area (Å²) in [7, 11) is 1.27. The first-order chi connectivity index (χ1) is 7.72. The van der Waals surface area contributed by atoms with E-state index in [4.69, 9.17) is 4.74 Å². The highest BCUT2D eigenvalue weighted by Crippen LogP contribution is 2.18. The lowest BCUT2D eigenvalue weighted by Crippen LogP contribution is -2.24. The summed E-state index contributed by atoms with van der Waals surface area (Å²) in [6.07, 6.45) is 1.32. The standard InChI is InChI=1S/C10H10N2O4/c1-15-10(14)6-4-7-8(13)11-2-3-16-9(7)12-5-6/h4-5H,2-3H2,1H3,(H,11,13). The van der Waals surface area contributed by atoms with Crippen LogP contribution in [0.4, 0.5) is 0 Å². The fraction of sp³-hybridized carbons (Fsp3) is 0.300. The van der Waals surface area contributed by atoms with Crippen molar-refractivity contribution in [1.82, 2.24) is 10.3 Å². The second kappa shape index (κ2) is 4.18. The van der Waals surface area contributed by atoms with E-state index in [-0.39, 0.29) is 22.9 Å². The number of hydrogen-bond donors (Lipinski definition) is 1. The number of fused-ring (bicyclic) bond motifs is 1. The first-order valence-electron chi connectivity index (χ1n) is 4.71. The average Bonchev–Trinajstić information content (AvgIpc) is 2.50. The van der Waals surface area contributed by atoms with Gasteiger partial charge in [0.25, 0.3) is 5.91 Å². The molecule has 16 heavy (non-hydrogen) atoms. The van der Waals surface area contributed by atoms with Crippen molar-refractivity contribution in [3.8, 4) is 5.88 Å². The van der Waals surface area contributed by atoms with Crippen LogP contribution in [-0.4, -0.2) is 37.1 Å². The molecule has 2 rings (SSSR count). The molecular formula is C10H10N2O4. The first kappa shape index (κ1) is 10.4. The molecule has 6 nitrogen and oxygen atoms in total. The lowest BCUT2D eigenvalue weighted by atomic mass is 10.2. The Bertz CT molecular complexity index is 444. The topological polar surface area (TPSA) is 77.5 Å². The summed E-state index contributed by atoms with van der Waals surface area (Å²) in [5.41, 5.74) is 0.474. The highest BCUT2D eigenvalue weighted by molar-refractivity contribution is 5.99. The van der Waals surface area contributed by atoms with Crippen molar-refractivity contribution in [3.63, 3.8) is 0 Å². The van der Waals surface area contributed by atoms with E-state index in [0.717, 1.165) is 0 Å². The zero-order chi connectivity index (χ0) is 11.5. The van der Waals surface area contributed by atoms with Crippen LogP contribution in [0.1, 0.15) is 20.7 Å². The molecule has 0 unspecified atom stereocenters. The van der Waals surface area contributed by atoms with Gasteiger partial charge in [-0.3, -0.25) is 4.79 Å². The van der Waals surface area contributed by atoms with E-state index < -0.39 is 5.97 Å². The van der Waals surface area contributed by atoms with E-state index in [9.17, 15) is 9.59 Å². The Morgan fingerprint density at radius 2 is 2.44 bits per heavy atom. The molecule has 1 aliphatic rings. The molecule has 0 fully saturated rings. The van der Waals surface area contributed by atoms with Gasteiger partial charge in [-0.2, -0.15) is 0 Å². The van der Waals surface area contributed by atoms with Crippen LogP contribution in [0, 0.1) is 0 Å². The molecule has 0 spiro atoms. The molecule has 1 N–H and O–H groups in total. The summed E-state index contributed by atoms with van der Waals surface area (Å²) in [5, 5.41) is 2.63. The molecule has 0 saturated carbocycles. The van der Waals surface area contributed by atoms with Gasteiger partial charge >= 0.3 is 5.97 Å². The number of hydrogen-bond acceptors (Lipinski definition) is 5. The predicted molar refractivity (Wildman–Crippen MR) is 53.4 cm³/mol. The Kier molecular flexibility index (Phi) is 2.72. The first-order valence-corrected chi connectivity index (χ1v) is 4.71. The van der Waals surface area contributed by atoms with Crippen molar-refractivity contribution in [2.45, 2.75) is 0 Å². The fourth-order valence-corrected chi connectivity index (χ4v) is 1.37. The maximum Gasteiger partial charge on any atom is 0.339 e. The third-order valence-electron chi connectivity index (χ3n) is 2.14. The molecule has 2 heterocycles. The summed E-state index contributed by atoms with van der Waals surface area (Å²) in [5.74, 6) is -0.597. The molecule has 1 aromatic rings. The number of methoxy groups -OCH3 is 1. The van der Waals surface area contributed by atoms with Gasteiger partial charge in [-0.15, -0.1) is 0 Å². The van der Waals surface area contributed by atoms with Gasteiger partial charge in [0.2, 0.25) is 5.88 Å². The van der Waals surface area contributed by atoms with Gasteiger partial charge in [0, 0.05) is 6.20 Å². The van der Waals surface area contributed by atoms with Crippen molar-refractivity contribution in [1.29, 1.82) is 0 Å². The third kappa shape index (κ3) is 1.81. The molecule has 1 aromatic heterocycles. The SMILES string of the molecule is COC(=O)c1cnc2c(c1)C(=O)NCCO2. The molecule has 1 amide bonds. The summed E-state index contributed by atoms with van der Waals surface area (Å²) in [4.78, 5) is 26.8. The zero-order valence-corrected chi connectivity index (χ0v) is 8.65. The Morgan fingerprint density at radius 1 is 1.62 bits per heavy atom. The van der Waals surface area contributed by atoms with Gasteiger partial charge in [-0.25, -0.2) is 9.78 Å². The lowest BCUT2D eigenvalue weighted by Gasteiger charge is -2.05. The third-order valence-corrected chi connectivity index (χ3v) is 2.14. The van der Waals surface area contributed by atoms with Crippen molar-refractivity contribution >= 4 is 11.9 Å². The molecule has 6 heteroatoms. The monoisotopic (exact) mass is 222 g/mol. The maximum absolute atomic E-state index is 11.6. The lowest BCUT2D eigenvalue weighted by molar-refractivity contribution is 0.0600. The van der Waals surface area contributed by atoms with Crippen molar-refractivity contribution in [2.24, 2.45) is 0 Å². The van der Waals surface area contributed by atoms with Crippen LogP contribution in [0.2, 0.25) is 0 Å². The van der Waals surface area contributed by atoms with E-state index in [1.54, 1.807) is 0 Å². The van der Waals surface area contributed by atoms with Gasteiger partial charge in [-0.05, 0) is 6.07 Å². The van der Waals surface area contributed by atoms with Crippen LogP contribution >= 0.6 is 0 Å². The van der Waals surface area contributed by atoms with E-state index in [1.165, 1.54) is 19.4 Å². The van der Waals surface area contributed by atoms with Crippen molar-refractivity contribution in [2.75, 3.05) is 20.3 Å². The average molecular weight is 222 g/mol. The van der Waals surface area contributed by atoms with Gasteiger partial charge in [-0.1, -0.05) is 0 Å². The Hall–Kier alpha value is -2.11. The van der Waals surface area contributed by atoms with Crippen molar-refractivity contribution < 1.29 is 19.1 Å². The number of rotatable bonds is 1. The second-order valence-electron chi connectivity index (χ2n) is 3.17. The quantitative estimate of drug-likeness (QED) is 0.676. The Morgan fingerprint density at radius 3 is 3.19 bits per heavy atom. The number of pyridine rings is 1. The summed E-state index contributed by atoms with van der Waals surface area (Å²) in [6, 6.07) is 1.41. The van der Waals surface area contributed by atoms with Crippen LogP contribution in [0.3, 0.4) is 0 Å². The number of carbonyl (C=O) groups is 2. The Labute approximate surface area is 91.6 Å². The van der Waals surface area contributed by atoms with E-state index in [1.807, 2.05) is 0 Å². The summed E-state index contributed by atoms with van der Waals surface area (Å²) < 4.78 is 9.78. The number of esters is 1. The maximum atomic E-state index is 11.6. The number of nitrogens with zero attached hydrogens (tertiary/aromatic N) is 1.